The number of pyridine rings is 1. The Bertz CT molecular complexity index is 614. The topological polar surface area (TPSA) is 22.1 Å². The summed E-state index contributed by atoms with van der Waals surface area (Å²) in [4.78, 5) is 4.20. The normalized spacial score (nSPS) is 30.1. The summed E-state index contributed by atoms with van der Waals surface area (Å²) in [7, 11) is -1.62. The molecule has 1 aromatic rings. The number of rotatable bonds is 4. The van der Waals surface area contributed by atoms with Crippen LogP contribution in [0.15, 0.2) is 30.6 Å². The summed E-state index contributed by atoms with van der Waals surface area (Å²) < 4.78 is 6.71. The van der Waals surface area contributed by atoms with Crippen LogP contribution in [0.2, 0.25) is 18.1 Å². The van der Waals surface area contributed by atoms with Crippen LogP contribution in [0.25, 0.3) is 6.08 Å². The van der Waals surface area contributed by atoms with Crippen molar-refractivity contribution >= 4 is 14.4 Å². The van der Waals surface area contributed by atoms with E-state index in [1.54, 1.807) is 0 Å². The predicted molar refractivity (Wildman–Crippen MR) is 118 cm³/mol. The fraction of sp³-hybridized carbons (Fsp3) is 0.708. The predicted octanol–water partition coefficient (Wildman–Crippen LogP) is 7.24. The lowest BCUT2D eigenvalue weighted by atomic mass is 9.63. The molecule has 0 aromatic carbocycles. The Hall–Kier alpha value is -0.933. The summed E-state index contributed by atoms with van der Waals surface area (Å²) in [5.74, 6) is 0.747. The molecule has 2 nitrogen and oxygen atoms in total. The maximum Gasteiger partial charge on any atom is 0.192 e. The van der Waals surface area contributed by atoms with E-state index in [1.807, 2.05) is 18.5 Å². The molecule has 0 amide bonds. The Labute approximate surface area is 168 Å². The molecular weight excluding hydrogens is 346 g/mol. The first kappa shape index (κ1) is 20.8. The van der Waals surface area contributed by atoms with Gasteiger partial charge in [-0.05, 0) is 92.5 Å². The van der Waals surface area contributed by atoms with Gasteiger partial charge < -0.3 is 4.43 Å². The zero-order valence-electron chi connectivity index (χ0n) is 18.1. The van der Waals surface area contributed by atoms with Crippen LogP contribution in [0.3, 0.4) is 0 Å². The van der Waals surface area contributed by atoms with Gasteiger partial charge in [0, 0.05) is 18.5 Å². The summed E-state index contributed by atoms with van der Waals surface area (Å²) in [6.07, 6.45) is 19.8. The van der Waals surface area contributed by atoms with Crippen LogP contribution in [0.5, 0.6) is 0 Å². The Kier molecular flexibility index (Phi) is 6.32. The summed E-state index contributed by atoms with van der Waals surface area (Å²) in [6.45, 7) is 11.9. The molecule has 2 saturated carbocycles. The number of nitrogens with zero attached hydrogens (tertiary/aromatic N) is 1. The monoisotopic (exact) mass is 385 g/mol. The maximum atomic E-state index is 6.71. The van der Waals surface area contributed by atoms with E-state index in [4.69, 9.17) is 4.43 Å². The van der Waals surface area contributed by atoms with Crippen molar-refractivity contribution in [1.82, 2.24) is 4.98 Å². The number of aromatic nitrogens is 1. The van der Waals surface area contributed by atoms with Gasteiger partial charge in [-0.1, -0.05) is 39.0 Å². The van der Waals surface area contributed by atoms with E-state index in [9.17, 15) is 0 Å². The van der Waals surface area contributed by atoms with Crippen molar-refractivity contribution in [1.29, 1.82) is 0 Å². The van der Waals surface area contributed by atoms with E-state index in [1.165, 1.54) is 56.9 Å². The molecule has 3 heteroatoms. The van der Waals surface area contributed by atoms with Gasteiger partial charge in [-0.3, -0.25) is 4.98 Å². The minimum Gasteiger partial charge on any atom is -0.414 e. The fourth-order valence-electron chi connectivity index (χ4n) is 4.58. The van der Waals surface area contributed by atoms with Gasteiger partial charge in [-0.25, -0.2) is 0 Å². The molecule has 1 aromatic heterocycles. The maximum absolute atomic E-state index is 6.71. The highest BCUT2D eigenvalue weighted by Crippen LogP contribution is 2.50. The van der Waals surface area contributed by atoms with E-state index in [0.717, 1.165) is 5.92 Å². The quantitative estimate of drug-likeness (QED) is 0.510. The van der Waals surface area contributed by atoms with Gasteiger partial charge >= 0.3 is 0 Å². The molecule has 1 heterocycles. The van der Waals surface area contributed by atoms with Gasteiger partial charge in [0.05, 0.1) is 0 Å². The highest BCUT2D eigenvalue weighted by atomic mass is 28.4. The molecule has 0 bridgehead atoms. The molecule has 0 N–H and O–H groups in total. The molecule has 0 saturated heterocycles. The third-order valence-corrected chi connectivity index (χ3v) is 12.1. The molecule has 0 aliphatic heterocycles. The van der Waals surface area contributed by atoms with Gasteiger partial charge in [-0.2, -0.15) is 0 Å². The second-order valence-corrected chi connectivity index (χ2v) is 15.3. The first-order valence-electron chi connectivity index (χ1n) is 11.0. The lowest BCUT2D eigenvalue weighted by molar-refractivity contribution is 0.0390. The van der Waals surface area contributed by atoms with Crippen molar-refractivity contribution in [3.63, 3.8) is 0 Å². The molecule has 2 aliphatic carbocycles. The first-order valence-corrected chi connectivity index (χ1v) is 13.9. The molecule has 0 atom stereocenters. The number of hydrogen-bond donors (Lipinski definition) is 0. The van der Waals surface area contributed by atoms with E-state index in [-0.39, 0.29) is 0 Å². The minimum absolute atomic E-state index is 0.320. The van der Waals surface area contributed by atoms with E-state index < -0.39 is 8.32 Å². The average molecular weight is 386 g/mol. The Morgan fingerprint density at radius 1 is 1.07 bits per heavy atom. The highest BCUT2D eigenvalue weighted by Gasteiger charge is 2.43. The summed E-state index contributed by atoms with van der Waals surface area (Å²) in [5.41, 5.74) is 1.84. The second-order valence-electron chi connectivity index (χ2n) is 10.6. The van der Waals surface area contributed by atoms with Crippen molar-refractivity contribution in [2.45, 2.75) is 96.4 Å². The van der Waals surface area contributed by atoms with Crippen molar-refractivity contribution in [3.8, 4) is 0 Å². The average Bonchev–Trinajstić information content (AvgIpc) is 2.63. The van der Waals surface area contributed by atoms with Crippen LogP contribution in [0.1, 0.15) is 77.7 Å². The highest BCUT2D eigenvalue weighted by molar-refractivity contribution is 6.74. The van der Waals surface area contributed by atoms with Gasteiger partial charge in [0.15, 0.2) is 8.32 Å². The van der Waals surface area contributed by atoms with Crippen LogP contribution in [0, 0.1) is 11.3 Å². The van der Waals surface area contributed by atoms with E-state index >= 15 is 0 Å². The molecule has 2 fully saturated rings. The zero-order chi connectivity index (χ0) is 19.5. The standard InChI is InChI=1S/C24H39NOSi/c1-23(2,3)27(4,5)26-22-12-16-24(17-13-22)14-10-20(11-15-24)8-9-21-7-6-18-25-19-21/h6-9,18-20,22H,10-17H2,1-5H3. The van der Waals surface area contributed by atoms with Crippen molar-refractivity contribution in [3.05, 3.63) is 36.2 Å². The summed E-state index contributed by atoms with van der Waals surface area (Å²) in [6, 6.07) is 4.15. The third-order valence-electron chi connectivity index (χ3n) is 7.60. The van der Waals surface area contributed by atoms with Gasteiger partial charge in [0.2, 0.25) is 0 Å². The molecule has 150 valence electrons. The summed E-state index contributed by atoms with van der Waals surface area (Å²) in [5, 5.41) is 0.320. The molecule has 27 heavy (non-hydrogen) atoms. The van der Waals surface area contributed by atoms with Gasteiger partial charge in [0.1, 0.15) is 0 Å². The van der Waals surface area contributed by atoms with Crippen molar-refractivity contribution in [2.75, 3.05) is 0 Å². The summed E-state index contributed by atoms with van der Waals surface area (Å²) >= 11 is 0. The zero-order valence-corrected chi connectivity index (χ0v) is 19.1. The molecule has 0 unspecified atom stereocenters. The van der Waals surface area contributed by atoms with Crippen LogP contribution in [-0.2, 0) is 4.43 Å². The van der Waals surface area contributed by atoms with E-state index in [0.29, 0.717) is 16.6 Å². The Balaban J connectivity index is 1.47. The van der Waals surface area contributed by atoms with Gasteiger partial charge in [-0.15, -0.1) is 0 Å². The molecule has 0 radical (unpaired) electrons. The molecule has 3 rings (SSSR count). The molecule has 1 spiro atoms. The lowest BCUT2D eigenvalue weighted by Gasteiger charge is -2.47. The number of hydrogen-bond acceptors (Lipinski definition) is 2. The third kappa shape index (κ3) is 5.32. The smallest absolute Gasteiger partial charge is 0.192 e. The SMILES string of the molecule is CC(C)(C)[Si](C)(C)OC1CCC2(CCC(C=Cc3cccnc3)CC2)CC1. The second kappa shape index (κ2) is 8.20. The van der Waals surface area contributed by atoms with Gasteiger partial charge in [0.25, 0.3) is 0 Å². The van der Waals surface area contributed by atoms with Crippen LogP contribution in [0.4, 0.5) is 0 Å². The lowest BCUT2D eigenvalue weighted by Crippen LogP contribution is -2.45. The van der Waals surface area contributed by atoms with E-state index in [2.05, 4.69) is 57.1 Å². The largest absolute Gasteiger partial charge is 0.414 e. The van der Waals surface area contributed by atoms with Crippen LogP contribution in [-0.4, -0.2) is 19.4 Å². The van der Waals surface area contributed by atoms with Crippen LogP contribution >= 0.6 is 0 Å². The first-order chi connectivity index (χ1) is 12.7. The van der Waals surface area contributed by atoms with Crippen molar-refractivity contribution in [2.24, 2.45) is 11.3 Å². The fourth-order valence-corrected chi connectivity index (χ4v) is 6.00. The Morgan fingerprint density at radius 2 is 1.70 bits per heavy atom. The molecular formula is C24H39NOSi. The number of allylic oxidation sites excluding steroid dienone is 1. The van der Waals surface area contributed by atoms with Crippen LogP contribution < -0.4 is 0 Å². The molecule has 2 aliphatic rings. The van der Waals surface area contributed by atoms with Crippen molar-refractivity contribution < 1.29 is 4.43 Å². The minimum atomic E-state index is -1.62. The Morgan fingerprint density at radius 3 is 2.26 bits per heavy atom.